The molecule has 0 fully saturated rings. The maximum absolute atomic E-state index is 11.8. The number of rotatable bonds is 4. The van der Waals surface area contributed by atoms with Crippen molar-refractivity contribution in [1.82, 2.24) is 4.98 Å². The van der Waals surface area contributed by atoms with Crippen molar-refractivity contribution >= 4 is 40.2 Å². The maximum Gasteiger partial charge on any atom is 0.367 e. The number of esters is 1. The van der Waals surface area contributed by atoms with Crippen LogP contribution >= 0.6 is 22.7 Å². The van der Waals surface area contributed by atoms with Crippen LogP contribution in [0, 0.1) is 0 Å². The van der Waals surface area contributed by atoms with Gasteiger partial charge < -0.3 is 10.1 Å². The molecule has 0 aliphatic carbocycles. The zero-order valence-electron chi connectivity index (χ0n) is 9.50. The van der Waals surface area contributed by atoms with Gasteiger partial charge in [0.1, 0.15) is 5.69 Å². The van der Waals surface area contributed by atoms with Gasteiger partial charge in [0.05, 0.1) is 12.3 Å². The lowest BCUT2D eigenvalue weighted by Crippen LogP contribution is -2.12. The van der Waals surface area contributed by atoms with Gasteiger partial charge in [-0.25, -0.2) is 9.78 Å². The zero-order valence-corrected chi connectivity index (χ0v) is 11.1. The average molecular weight is 282 g/mol. The van der Waals surface area contributed by atoms with Crippen molar-refractivity contribution in [2.75, 3.05) is 11.9 Å². The Morgan fingerprint density at radius 2 is 2.28 bits per heavy atom. The third kappa shape index (κ3) is 2.93. The molecule has 2 aromatic heterocycles. The molecule has 94 valence electrons. The summed E-state index contributed by atoms with van der Waals surface area (Å²) in [7, 11) is 0. The molecule has 0 aromatic carbocycles. The van der Waals surface area contributed by atoms with Crippen LogP contribution in [0.1, 0.15) is 27.2 Å². The summed E-state index contributed by atoms with van der Waals surface area (Å²) in [4.78, 5) is 27.1. The number of hydrogen-bond acceptors (Lipinski definition) is 6. The monoisotopic (exact) mass is 282 g/mol. The fraction of sp³-hybridized carbons (Fsp3) is 0.182. The SMILES string of the molecule is CCOC(=O)c1nc(C(=O)Nc2ccsc2)cs1. The summed E-state index contributed by atoms with van der Waals surface area (Å²) in [5, 5.41) is 8.09. The summed E-state index contributed by atoms with van der Waals surface area (Å²) in [6, 6.07) is 1.79. The Morgan fingerprint density at radius 1 is 1.44 bits per heavy atom. The van der Waals surface area contributed by atoms with Crippen molar-refractivity contribution < 1.29 is 14.3 Å². The van der Waals surface area contributed by atoms with E-state index in [1.807, 2.05) is 10.8 Å². The highest BCUT2D eigenvalue weighted by Gasteiger charge is 2.16. The lowest BCUT2D eigenvalue weighted by molar-refractivity contribution is 0.0526. The molecule has 2 aromatic rings. The molecule has 0 aliphatic heterocycles. The molecule has 0 saturated carbocycles. The minimum Gasteiger partial charge on any atom is -0.461 e. The summed E-state index contributed by atoms with van der Waals surface area (Å²) >= 11 is 2.58. The lowest BCUT2D eigenvalue weighted by atomic mass is 10.4. The molecule has 0 atom stereocenters. The number of thiazole rings is 1. The summed E-state index contributed by atoms with van der Waals surface area (Å²) in [5.74, 6) is -0.836. The first kappa shape index (κ1) is 12.7. The van der Waals surface area contributed by atoms with Crippen LogP contribution in [0.15, 0.2) is 22.2 Å². The number of hydrogen-bond donors (Lipinski definition) is 1. The zero-order chi connectivity index (χ0) is 13.0. The normalized spacial score (nSPS) is 10.1. The van der Waals surface area contributed by atoms with E-state index >= 15 is 0 Å². The number of nitrogens with zero attached hydrogens (tertiary/aromatic N) is 1. The van der Waals surface area contributed by atoms with E-state index in [-0.39, 0.29) is 23.2 Å². The lowest BCUT2D eigenvalue weighted by Gasteiger charge is -1.98. The molecule has 0 radical (unpaired) electrons. The molecule has 1 amide bonds. The number of ether oxygens (including phenoxy) is 1. The average Bonchev–Trinajstić information content (AvgIpc) is 2.99. The second-order valence-electron chi connectivity index (χ2n) is 3.22. The second-order valence-corrected chi connectivity index (χ2v) is 4.86. The Balaban J connectivity index is 2.05. The van der Waals surface area contributed by atoms with Crippen LogP contribution in [0.2, 0.25) is 0 Å². The molecule has 1 N–H and O–H groups in total. The largest absolute Gasteiger partial charge is 0.461 e. The van der Waals surface area contributed by atoms with Crippen LogP contribution in [-0.2, 0) is 4.74 Å². The molecule has 0 aliphatic rings. The Morgan fingerprint density at radius 3 is 2.94 bits per heavy atom. The van der Waals surface area contributed by atoms with Crippen LogP contribution in [0.4, 0.5) is 5.69 Å². The first-order valence-electron chi connectivity index (χ1n) is 5.17. The van der Waals surface area contributed by atoms with E-state index in [0.29, 0.717) is 0 Å². The fourth-order valence-corrected chi connectivity index (χ4v) is 2.47. The highest BCUT2D eigenvalue weighted by atomic mass is 32.1. The van der Waals surface area contributed by atoms with Crippen molar-refractivity contribution in [3.8, 4) is 0 Å². The molecule has 0 saturated heterocycles. The van der Waals surface area contributed by atoms with Crippen molar-refractivity contribution in [3.05, 3.63) is 32.9 Å². The number of carbonyl (C=O) groups excluding carboxylic acids is 2. The number of thiophene rings is 1. The van der Waals surface area contributed by atoms with E-state index in [0.717, 1.165) is 17.0 Å². The number of aromatic nitrogens is 1. The Bertz CT molecular complexity index is 548. The summed E-state index contributed by atoms with van der Waals surface area (Å²) in [5.41, 5.74) is 0.935. The summed E-state index contributed by atoms with van der Waals surface area (Å²) in [6.45, 7) is 2.00. The number of anilines is 1. The van der Waals surface area contributed by atoms with Crippen molar-refractivity contribution in [3.63, 3.8) is 0 Å². The molecule has 5 nitrogen and oxygen atoms in total. The van der Waals surface area contributed by atoms with E-state index in [1.165, 1.54) is 16.7 Å². The van der Waals surface area contributed by atoms with E-state index < -0.39 is 5.97 Å². The van der Waals surface area contributed by atoms with Gasteiger partial charge in [0.2, 0.25) is 5.01 Å². The van der Waals surface area contributed by atoms with Gasteiger partial charge in [0.15, 0.2) is 0 Å². The van der Waals surface area contributed by atoms with Crippen molar-refractivity contribution in [2.45, 2.75) is 6.92 Å². The Hall–Kier alpha value is -1.73. The van der Waals surface area contributed by atoms with Crippen LogP contribution in [0.25, 0.3) is 0 Å². The molecular formula is C11H10N2O3S2. The van der Waals surface area contributed by atoms with E-state index in [9.17, 15) is 9.59 Å². The van der Waals surface area contributed by atoms with Gasteiger partial charge in [-0.1, -0.05) is 0 Å². The molecule has 2 heterocycles. The standard InChI is InChI=1S/C11H10N2O3S2/c1-2-16-11(15)10-13-8(6-18-10)9(14)12-7-3-4-17-5-7/h3-6H,2H2,1H3,(H,12,14). The van der Waals surface area contributed by atoms with Gasteiger partial charge in [0.25, 0.3) is 5.91 Å². The topological polar surface area (TPSA) is 68.3 Å². The third-order valence-corrected chi connectivity index (χ3v) is 3.47. The van der Waals surface area contributed by atoms with Gasteiger partial charge in [-0.05, 0) is 18.4 Å². The maximum atomic E-state index is 11.8. The number of carbonyl (C=O) groups is 2. The molecule has 0 unspecified atom stereocenters. The highest BCUT2D eigenvalue weighted by molar-refractivity contribution is 7.11. The third-order valence-electron chi connectivity index (χ3n) is 1.97. The quantitative estimate of drug-likeness (QED) is 0.875. The smallest absolute Gasteiger partial charge is 0.367 e. The molecule has 2 rings (SSSR count). The number of amides is 1. The van der Waals surface area contributed by atoms with E-state index in [1.54, 1.807) is 13.0 Å². The molecule has 18 heavy (non-hydrogen) atoms. The van der Waals surface area contributed by atoms with E-state index in [2.05, 4.69) is 10.3 Å². The van der Waals surface area contributed by atoms with Crippen LogP contribution < -0.4 is 5.32 Å². The van der Waals surface area contributed by atoms with E-state index in [4.69, 9.17) is 4.74 Å². The molecule has 7 heteroatoms. The number of nitrogens with one attached hydrogen (secondary N) is 1. The first-order valence-corrected chi connectivity index (χ1v) is 6.99. The Labute approximate surface area is 111 Å². The van der Waals surface area contributed by atoms with Crippen LogP contribution in [-0.4, -0.2) is 23.5 Å². The second kappa shape index (κ2) is 5.74. The minimum atomic E-state index is -0.503. The minimum absolute atomic E-state index is 0.187. The predicted molar refractivity (Wildman–Crippen MR) is 70.3 cm³/mol. The van der Waals surface area contributed by atoms with Gasteiger partial charge in [0, 0.05) is 10.8 Å². The summed E-state index contributed by atoms with van der Waals surface area (Å²) < 4.78 is 4.81. The highest BCUT2D eigenvalue weighted by Crippen LogP contribution is 2.15. The van der Waals surface area contributed by atoms with Gasteiger partial charge in [-0.3, -0.25) is 4.79 Å². The predicted octanol–water partition coefficient (Wildman–Crippen LogP) is 2.63. The van der Waals surface area contributed by atoms with Gasteiger partial charge >= 0.3 is 5.97 Å². The first-order chi connectivity index (χ1) is 8.70. The van der Waals surface area contributed by atoms with Crippen molar-refractivity contribution in [1.29, 1.82) is 0 Å². The van der Waals surface area contributed by atoms with Gasteiger partial charge in [-0.2, -0.15) is 11.3 Å². The van der Waals surface area contributed by atoms with Crippen LogP contribution in [0.3, 0.4) is 0 Å². The van der Waals surface area contributed by atoms with Crippen molar-refractivity contribution in [2.24, 2.45) is 0 Å². The van der Waals surface area contributed by atoms with Crippen LogP contribution in [0.5, 0.6) is 0 Å². The van der Waals surface area contributed by atoms with Gasteiger partial charge in [-0.15, -0.1) is 11.3 Å². The summed E-state index contributed by atoms with van der Waals surface area (Å²) in [6.07, 6.45) is 0. The Kier molecular flexibility index (Phi) is 4.06. The molecule has 0 spiro atoms. The molecule has 0 bridgehead atoms. The fourth-order valence-electron chi connectivity index (χ4n) is 1.20. The molecular weight excluding hydrogens is 272 g/mol.